The summed E-state index contributed by atoms with van der Waals surface area (Å²) in [5.74, 6) is 3.89. The van der Waals surface area contributed by atoms with Crippen LogP contribution in [0.15, 0.2) is 48.8 Å². The standard InChI is InChI=1S/C36H31F3N6O5/c37-36(38,39)23-6-9-28(26(14-23)22-4-5-22)41-34(50)35(12-1-13-35)44-19-20(16-40-44)2-3-21-17-43(18-21)24-7-8-25-27(15-24)33(49)45(32(25)48)29-10-11-30(46)42-31(29)47/h6-9,14-16,19,21-22,29H,1,4-5,10-13,17-18H2,(H,41,50)(H,42,46,47). The summed E-state index contributed by atoms with van der Waals surface area (Å²) in [7, 11) is 0. The van der Waals surface area contributed by atoms with Crippen LogP contribution >= 0.6 is 0 Å². The summed E-state index contributed by atoms with van der Waals surface area (Å²) in [6.45, 7) is 1.17. The van der Waals surface area contributed by atoms with Gasteiger partial charge in [-0.2, -0.15) is 18.3 Å². The molecule has 2 aromatic carbocycles. The summed E-state index contributed by atoms with van der Waals surface area (Å²) in [6.07, 6.45) is 2.49. The van der Waals surface area contributed by atoms with Gasteiger partial charge in [-0.25, -0.2) is 0 Å². The lowest BCUT2D eigenvalue weighted by Gasteiger charge is -2.40. The van der Waals surface area contributed by atoms with Crippen molar-refractivity contribution in [1.29, 1.82) is 0 Å². The first kappa shape index (κ1) is 31.8. The summed E-state index contributed by atoms with van der Waals surface area (Å²) in [6, 6.07) is 7.46. The molecule has 1 atom stereocenters. The molecule has 50 heavy (non-hydrogen) atoms. The first-order valence-electron chi connectivity index (χ1n) is 16.6. The normalized spacial score (nSPS) is 21.5. The quantitative estimate of drug-likeness (QED) is 0.294. The van der Waals surface area contributed by atoms with Gasteiger partial charge < -0.3 is 10.2 Å². The van der Waals surface area contributed by atoms with Crippen molar-refractivity contribution in [3.05, 3.63) is 76.6 Å². The first-order valence-corrected chi connectivity index (χ1v) is 16.6. The van der Waals surface area contributed by atoms with Crippen LogP contribution < -0.4 is 15.5 Å². The number of carbonyl (C=O) groups is 5. The van der Waals surface area contributed by atoms with E-state index in [1.807, 2.05) is 4.90 Å². The average Bonchev–Trinajstić information content (AvgIpc) is 3.72. The van der Waals surface area contributed by atoms with E-state index in [9.17, 15) is 37.1 Å². The number of nitrogens with one attached hydrogen (secondary N) is 2. The number of rotatable bonds is 6. The molecule has 0 radical (unpaired) electrons. The molecule has 8 rings (SSSR count). The van der Waals surface area contributed by atoms with Gasteiger partial charge in [0.2, 0.25) is 11.8 Å². The number of hydrogen-bond donors (Lipinski definition) is 2. The van der Waals surface area contributed by atoms with E-state index in [-0.39, 0.29) is 41.7 Å². The van der Waals surface area contributed by atoms with Gasteiger partial charge in [0.05, 0.1) is 34.4 Å². The smallest absolute Gasteiger partial charge is 0.369 e. The van der Waals surface area contributed by atoms with Gasteiger partial charge in [-0.05, 0) is 86.4 Å². The second kappa shape index (κ2) is 11.6. The fourth-order valence-electron chi connectivity index (χ4n) is 7.14. The Balaban J connectivity index is 0.913. The van der Waals surface area contributed by atoms with E-state index >= 15 is 0 Å². The Morgan fingerprint density at radius 2 is 1.74 bits per heavy atom. The zero-order chi connectivity index (χ0) is 34.9. The van der Waals surface area contributed by atoms with E-state index in [4.69, 9.17) is 0 Å². The Morgan fingerprint density at radius 3 is 2.42 bits per heavy atom. The monoisotopic (exact) mass is 684 g/mol. The van der Waals surface area contributed by atoms with Crippen LogP contribution in [0, 0.1) is 17.8 Å². The highest BCUT2D eigenvalue weighted by molar-refractivity contribution is 6.23. The van der Waals surface area contributed by atoms with Crippen molar-refractivity contribution in [2.24, 2.45) is 5.92 Å². The number of imide groups is 2. The van der Waals surface area contributed by atoms with E-state index in [1.54, 1.807) is 35.3 Å². The highest BCUT2D eigenvalue weighted by Crippen LogP contribution is 2.47. The van der Waals surface area contributed by atoms with Crippen molar-refractivity contribution in [2.45, 2.75) is 68.6 Å². The molecule has 2 saturated carbocycles. The zero-order valence-corrected chi connectivity index (χ0v) is 26.7. The average molecular weight is 685 g/mol. The minimum absolute atomic E-state index is 0.00342. The molecular formula is C36H31F3N6O5. The Morgan fingerprint density at radius 1 is 0.980 bits per heavy atom. The number of anilines is 2. The zero-order valence-electron chi connectivity index (χ0n) is 26.7. The van der Waals surface area contributed by atoms with Crippen molar-refractivity contribution >= 4 is 40.9 Å². The Kier molecular flexibility index (Phi) is 7.36. The maximum absolute atomic E-state index is 13.6. The van der Waals surface area contributed by atoms with Crippen LogP contribution in [0.3, 0.4) is 0 Å². The fraction of sp³-hybridized carbons (Fsp3) is 0.389. The van der Waals surface area contributed by atoms with E-state index in [1.165, 1.54) is 6.07 Å². The Hall–Kier alpha value is -5.45. The topological polar surface area (TPSA) is 134 Å². The first-order chi connectivity index (χ1) is 23.9. The molecule has 5 aliphatic rings. The number of hydrogen-bond acceptors (Lipinski definition) is 7. The largest absolute Gasteiger partial charge is 0.416 e. The molecule has 2 aliphatic carbocycles. The molecule has 1 aromatic heterocycles. The number of carbonyl (C=O) groups excluding carboxylic acids is 5. The molecule has 14 heteroatoms. The highest BCUT2D eigenvalue weighted by Gasteiger charge is 2.48. The van der Waals surface area contributed by atoms with Gasteiger partial charge in [-0.15, -0.1) is 0 Å². The molecule has 0 spiro atoms. The minimum Gasteiger partial charge on any atom is -0.369 e. The van der Waals surface area contributed by atoms with E-state index in [0.29, 0.717) is 42.7 Å². The lowest BCUT2D eigenvalue weighted by atomic mass is 9.76. The van der Waals surface area contributed by atoms with Gasteiger partial charge in [0.25, 0.3) is 17.7 Å². The Bertz CT molecular complexity index is 2050. The third kappa shape index (κ3) is 5.41. The number of amides is 5. The van der Waals surface area contributed by atoms with Crippen LogP contribution in [0.4, 0.5) is 24.5 Å². The molecule has 1 unspecified atom stereocenters. The summed E-state index contributed by atoms with van der Waals surface area (Å²) in [5.41, 5.74) is 1.06. The molecule has 0 bridgehead atoms. The maximum Gasteiger partial charge on any atom is 0.416 e. The predicted octanol–water partition coefficient (Wildman–Crippen LogP) is 4.19. The number of piperidine rings is 1. The van der Waals surface area contributed by atoms with E-state index < -0.39 is 46.9 Å². The van der Waals surface area contributed by atoms with Crippen molar-refractivity contribution < 1.29 is 37.1 Å². The van der Waals surface area contributed by atoms with Gasteiger partial charge in [-0.1, -0.05) is 11.8 Å². The van der Waals surface area contributed by atoms with Crippen LogP contribution in [0.25, 0.3) is 0 Å². The number of halogens is 3. The fourth-order valence-corrected chi connectivity index (χ4v) is 7.14. The van der Waals surface area contributed by atoms with E-state index in [0.717, 1.165) is 42.0 Å². The van der Waals surface area contributed by atoms with Crippen molar-refractivity contribution in [2.75, 3.05) is 23.3 Å². The van der Waals surface area contributed by atoms with Crippen LogP contribution in [0.2, 0.25) is 0 Å². The number of aromatic nitrogens is 2. The molecule has 3 aliphatic heterocycles. The second-order valence-electron chi connectivity index (χ2n) is 13.6. The minimum atomic E-state index is -4.46. The number of nitrogens with zero attached hydrogens (tertiary/aromatic N) is 4. The number of benzene rings is 2. The molecule has 4 fully saturated rings. The molecular weight excluding hydrogens is 653 g/mol. The third-order valence-electron chi connectivity index (χ3n) is 10.4. The molecule has 11 nitrogen and oxygen atoms in total. The number of alkyl halides is 3. The summed E-state index contributed by atoms with van der Waals surface area (Å²) in [5, 5.41) is 9.56. The van der Waals surface area contributed by atoms with Crippen molar-refractivity contribution in [3.8, 4) is 11.8 Å². The van der Waals surface area contributed by atoms with Crippen LogP contribution in [0.1, 0.15) is 88.3 Å². The Labute approximate surface area is 284 Å². The van der Waals surface area contributed by atoms with Crippen LogP contribution in [-0.4, -0.2) is 63.3 Å². The predicted molar refractivity (Wildman–Crippen MR) is 172 cm³/mol. The molecule has 2 N–H and O–H groups in total. The van der Waals surface area contributed by atoms with Gasteiger partial charge in [0.1, 0.15) is 11.6 Å². The molecule has 2 saturated heterocycles. The number of fused-ring (bicyclic) bond motifs is 1. The summed E-state index contributed by atoms with van der Waals surface area (Å²) < 4.78 is 41.7. The maximum atomic E-state index is 13.6. The van der Waals surface area contributed by atoms with Crippen LogP contribution in [-0.2, 0) is 26.1 Å². The molecule has 3 aromatic rings. The lowest BCUT2D eigenvalue weighted by Crippen LogP contribution is -2.54. The molecule has 5 amide bonds. The lowest BCUT2D eigenvalue weighted by molar-refractivity contribution is -0.138. The van der Waals surface area contributed by atoms with E-state index in [2.05, 4.69) is 27.6 Å². The van der Waals surface area contributed by atoms with Gasteiger partial charge in [-0.3, -0.25) is 38.9 Å². The summed E-state index contributed by atoms with van der Waals surface area (Å²) in [4.78, 5) is 66.7. The highest BCUT2D eigenvalue weighted by atomic mass is 19.4. The SMILES string of the molecule is O=C1CCC(N2C(=O)c3ccc(N4CC(C#Cc5cnn(C6(C(=O)Nc7ccc(C(F)(F)F)cc7C7CC7)CCC6)c5)C4)cc3C2=O)C(=O)N1. The second-order valence-corrected chi connectivity index (χ2v) is 13.6. The van der Waals surface area contributed by atoms with Crippen LogP contribution in [0.5, 0.6) is 0 Å². The van der Waals surface area contributed by atoms with Crippen molar-refractivity contribution in [1.82, 2.24) is 20.0 Å². The summed E-state index contributed by atoms with van der Waals surface area (Å²) >= 11 is 0. The van der Waals surface area contributed by atoms with Gasteiger partial charge >= 0.3 is 6.18 Å². The van der Waals surface area contributed by atoms with Gasteiger partial charge in [0, 0.05) is 37.1 Å². The molecule has 256 valence electrons. The third-order valence-corrected chi connectivity index (χ3v) is 10.4. The molecule has 4 heterocycles. The van der Waals surface area contributed by atoms with Gasteiger partial charge in [0.15, 0.2) is 0 Å². The van der Waals surface area contributed by atoms with Crippen molar-refractivity contribution in [3.63, 3.8) is 0 Å².